The minimum atomic E-state index is 0.450. The van der Waals surface area contributed by atoms with E-state index in [1.54, 1.807) is 0 Å². The van der Waals surface area contributed by atoms with Crippen molar-refractivity contribution < 1.29 is 0 Å². The van der Waals surface area contributed by atoms with Crippen molar-refractivity contribution >= 4 is 11.6 Å². The Balaban J connectivity index is 2.71. The van der Waals surface area contributed by atoms with Crippen LogP contribution in [-0.2, 0) is 20.0 Å². The maximum Gasteiger partial charge on any atom is 0.0863 e. The van der Waals surface area contributed by atoms with E-state index in [1.807, 2.05) is 11.7 Å². The van der Waals surface area contributed by atoms with Crippen molar-refractivity contribution in [2.24, 2.45) is 13.0 Å². The molecule has 0 bridgehead atoms. The number of likely N-dealkylation sites (N-methyl/N-ethyl adjacent to an activating group) is 1. The van der Waals surface area contributed by atoms with Crippen molar-refractivity contribution in [2.75, 3.05) is 20.6 Å². The van der Waals surface area contributed by atoms with Gasteiger partial charge in [-0.3, -0.25) is 4.68 Å². The molecule has 110 valence electrons. The monoisotopic (exact) mass is 286 g/mol. The summed E-state index contributed by atoms with van der Waals surface area (Å²) in [5, 5.41) is 8.86. The molecule has 0 aliphatic carbocycles. The summed E-state index contributed by atoms with van der Waals surface area (Å²) < 4.78 is 1.89. The van der Waals surface area contributed by atoms with Crippen LogP contribution in [0.15, 0.2) is 0 Å². The van der Waals surface area contributed by atoms with Crippen molar-refractivity contribution in [3.8, 4) is 0 Å². The molecule has 0 aliphatic rings. The van der Waals surface area contributed by atoms with Crippen molar-refractivity contribution in [3.63, 3.8) is 0 Å². The SMILES string of the molecule is CCc1nn(C)c(CNC(CN(C)C)C(C)C)c1Cl. The zero-order chi connectivity index (χ0) is 14.6. The molecule has 1 rings (SSSR count). The number of hydrogen-bond acceptors (Lipinski definition) is 3. The van der Waals surface area contributed by atoms with Crippen LogP contribution in [0.3, 0.4) is 0 Å². The number of aryl methyl sites for hydroxylation is 2. The zero-order valence-electron chi connectivity index (χ0n) is 13.0. The number of halogens is 1. The summed E-state index contributed by atoms with van der Waals surface area (Å²) in [6.45, 7) is 8.34. The largest absolute Gasteiger partial charge is 0.308 e. The number of hydrogen-bond donors (Lipinski definition) is 1. The minimum absolute atomic E-state index is 0.450. The molecule has 4 nitrogen and oxygen atoms in total. The van der Waals surface area contributed by atoms with Crippen LogP contribution >= 0.6 is 11.6 Å². The van der Waals surface area contributed by atoms with Gasteiger partial charge in [0, 0.05) is 26.2 Å². The second kappa shape index (κ2) is 7.27. The topological polar surface area (TPSA) is 33.1 Å². The lowest BCUT2D eigenvalue weighted by Gasteiger charge is -2.25. The first kappa shape index (κ1) is 16.5. The fourth-order valence-corrected chi connectivity index (χ4v) is 2.50. The quantitative estimate of drug-likeness (QED) is 0.835. The fraction of sp³-hybridized carbons (Fsp3) is 0.786. The molecule has 1 heterocycles. The molecular weight excluding hydrogens is 260 g/mol. The summed E-state index contributed by atoms with van der Waals surface area (Å²) in [6.07, 6.45) is 0.873. The highest BCUT2D eigenvalue weighted by molar-refractivity contribution is 6.31. The average molecular weight is 287 g/mol. The number of nitrogens with one attached hydrogen (secondary N) is 1. The Hall–Kier alpha value is -0.580. The van der Waals surface area contributed by atoms with Crippen LogP contribution in [0.25, 0.3) is 0 Å². The Morgan fingerprint density at radius 1 is 1.37 bits per heavy atom. The van der Waals surface area contributed by atoms with Crippen LogP contribution in [0.4, 0.5) is 0 Å². The van der Waals surface area contributed by atoms with E-state index in [0.717, 1.165) is 35.9 Å². The van der Waals surface area contributed by atoms with Gasteiger partial charge in [0.15, 0.2) is 0 Å². The molecule has 0 amide bonds. The molecule has 5 heteroatoms. The third-order valence-electron chi connectivity index (χ3n) is 3.40. The Morgan fingerprint density at radius 3 is 2.42 bits per heavy atom. The molecule has 1 N–H and O–H groups in total. The van der Waals surface area contributed by atoms with Crippen molar-refractivity contribution in [1.29, 1.82) is 0 Å². The Kier molecular flexibility index (Phi) is 6.30. The van der Waals surface area contributed by atoms with Crippen molar-refractivity contribution in [1.82, 2.24) is 20.0 Å². The van der Waals surface area contributed by atoms with Crippen LogP contribution in [0.2, 0.25) is 5.02 Å². The van der Waals surface area contributed by atoms with E-state index in [9.17, 15) is 0 Å². The van der Waals surface area contributed by atoms with Gasteiger partial charge in [-0.25, -0.2) is 0 Å². The molecule has 1 atom stereocenters. The summed E-state index contributed by atoms with van der Waals surface area (Å²) in [5.74, 6) is 0.583. The molecule has 1 aromatic heterocycles. The number of nitrogens with zero attached hydrogens (tertiary/aromatic N) is 3. The molecule has 0 saturated carbocycles. The Bertz CT molecular complexity index is 398. The average Bonchev–Trinajstić information content (AvgIpc) is 2.59. The van der Waals surface area contributed by atoms with Gasteiger partial charge in [0.25, 0.3) is 0 Å². The predicted molar refractivity (Wildman–Crippen MR) is 81.6 cm³/mol. The van der Waals surface area contributed by atoms with E-state index in [2.05, 4.69) is 50.2 Å². The first-order valence-corrected chi connectivity index (χ1v) is 7.32. The number of rotatable bonds is 7. The lowest BCUT2D eigenvalue weighted by Crippen LogP contribution is -2.41. The van der Waals surface area contributed by atoms with E-state index in [-0.39, 0.29) is 0 Å². The van der Waals surface area contributed by atoms with Gasteiger partial charge in [-0.15, -0.1) is 0 Å². The molecule has 0 spiro atoms. The van der Waals surface area contributed by atoms with Crippen LogP contribution < -0.4 is 5.32 Å². The second-order valence-electron chi connectivity index (χ2n) is 5.68. The first-order chi connectivity index (χ1) is 8.86. The fourth-order valence-electron chi connectivity index (χ4n) is 2.14. The smallest absolute Gasteiger partial charge is 0.0863 e. The highest BCUT2D eigenvalue weighted by atomic mass is 35.5. The third kappa shape index (κ3) is 4.48. The maximum absolute atomic E-state index is 6.36. The highest BCUT2D eigenvalue weighted by Gasteiger charge is 2.17. The summed E-state index contributed by atoms with van der Waals surface area (Å²) in [7, 11) is 6.16. The summed E-state index contributed by atoms with van der Waals surface area (Å²) in [4.78, 5) is 2.21. The third-order valence-corrected chi connectivity index (χ3v) is 3.84. The molecule has 0 radical (unpaired) electrons. The van der Waals surface area contributed by atoms with Gasteiger partial charge < -0.3 is 10.2 Å². The molecule has 0 fully saturated rings. The molecular formula is C14H27ClN4. The number of aromatic nitrogens is 2. The van der Waals surface area contributed by atoms with E-state index in [1.165, 1.54) is 0 Å². The summed E-state index contributed by atoms with van der Waals surface area (Å²) >= 11 is 6.36. The van der Waals surface area contributed by atoms with E-state index < -0.39 is 0 Å². The van der Waals surface area contributed by atoms with Crippen LogP contribution in [0, 0.1) is 5.92 Å². The van der Waals surface area contributed by atoms with Gasteiger partial charge in [0.2, 0.25) is 0 Å². The van der Waals surface area contributed by atoms with Gasteiger partial charge >= 0.3 is 0 Å². The Labute approximate surface area is 122 Å². The van der Waals surface area contributed by atoms with Crippen LogP contribution in [0.1, 0.15) is 32.2 Å². The molecule has 0 aromatic carbocycles. The highest BCUT2D eigenvalue weighted by Crippen LogP contribution is 2.21. The maximum atomic E-state index is 6.36. The predicted octanol–water partition coefficient (Wildman–Crippen LogP) is 2.31. The van der Waals surface area contributed by atoms with Gasteiger partial charge in [-0.05, 0) is 26.4 Å². The van der Waals surface area contributed by atoms with Gasteiger partial charge in [0.05, 0.1) is 16.4 Å². The lowest BCUT2D eigenvalue weighted by molar-refractivity contribution is 0.286. The zero-order valence-corrected chi connectivity index (χ0v) is 13.8. The first-order valence-electron chi connectivity index (χ1n) is 6.95. The van der Waals surface area contributed by atoms with Crippen LogP contribution in [0.5, 0.6) is 0 Å². The molecule has 0 aliphatic heterocycles. The van der Waals surface area contributed by atoms with Crippen molar-refractivity contribution in [2.45, 2.75) is 39.8 Å². The lowest BCUT2D eigenvalue weighted by atomic mass is 10.0. The van der Waals surface area contributed by atoms with Gasteiger partial charge in [0.1, 0.15) is 0 Å². The Morgan fingerprint density at radius 2 is 2.00 bits per heavy atom. The molecule has 1 unspecified atom stereocenters. The van der Waals surface area contributed by atoms with E-state index >= 15 is 0 Å². The van der Waals surface area contributed by atoms with E-state index in [4.69, 9.17) is 11.6 Å². The van der Waals surface area contributed by atoms with Gasteiger partial charge in [-0.1, -0.05) is 32.4 Å². The van der Waals surface area contributed by atoms with Crippen molar-refractivity contribution in [3.05, 3.63) is 16.4 Å². The standard InChI is InChI=1S/C14H27ClN4/c1-7-11-14(15)13(19(6)17-11)8-16-12(10(2)3)9-18(4)5/h10,12,16H,7-9H2,1-6H3. The minimum Gasteiger partial charge on any atom is -0.308 e. The summed E-state index contributed by atoms with van der Waals surface area (Å²) in [6, 6.07) is 0.450. The van der Waals surface area contributed by atoms with Crippen LogP contribution in [-0.4, -0.2) is 41.4 Å². The normalized spacial score (nSPS) is 13.5. The molecule has 0 saturated heterocycles. The molecule has 1 aromatic rings. The second-order valence-corrected chi connectivity index (χ2v) is 6.06. The summed E-state index contributed by atoms with van der Waals surface area (Å²) in [5.41, 5.74) is 2.05. The van der Waals surface area contributed by atoms with Gasteiger partial charge in [-0.2, -0.15) is 5.10 Å². The molecule has 19 heavy (non-hydrogen) atoms. The van der Waals surface area contributed by atoms with E-state index in [0.29, 0.717) is 12.0 Å².